The van der Waals surface area contributed by atoms with E-state index in [1.807, 2.05) is 6.92 Å². The summed E-state index contributed by atoms with van der Waals surface area (Å²) in [4.78, 5) is 23.9. The largest absolute Gasteiger partial charge is 0.303 e. The lowest BCUT2D eigenvalue weighted by molar-refractivity contribution is 0.103. The summed E-state index contributed by atoms with van der Waals surface area (Å²) >= 11 is 7.07. The molecule has 0 spiro atoms. The maximum Gasteiger partial charge on any atom is 0.268 e. The SMILES string of the molecule is Cc1ncc(C(=O)Nc2nccnc2Cl)s1. The lowest BCUT2D eigenvalue weighted by atomic mass is 10.5. The van der Waals surface area contributed by atoms with Crippen LogP contribution in [0.15, 0.2) is 18.6 Å². The Hall–Kier alpha value is -1.53. The first-order chi connectivity index (χ1) is 7.66. The second-order valence-corrected chi connectivity index (χ2v) is 4.49. The lowest BCUT2D eigenvalue weighted by Crippen LogP contribution is -2.12. The molecule has 1 N–H and O–H groups in total. The average Bonchev–Trinajstić information content (AvgIpc) is 2.68. The van der Waals surface area contributed by atoms with Crippen molar-refractivity contribution in [2.45, 2.75) is 6.92 Å². The number of aryl methyl sites for hydroxylation is 1. The van der Waals surface area contributed by atoms with Gasteiger partial charge >= 0.3 is 0 Å². The molecular formula is C9H7ClN4OS. The van der Waals surface area contributed by atoms with Gasteiger partial charge in [-0.1, -0.05) is 11.6 Å². The molecule has 2 rings (SSSR count). The van der Waals surface area contributed by atoms with Gasteiger partial charge in [-0.3, -0.25) is 4.79 Å². The number of carbonyl (C=O) groups excluding carboxylic acids is 1. The van der Waals surface area contributed by atoms with Crippen molar-refractivity contribution in [2.24, 2.45) is 0 Å². The van der Waals surface area contributed by atoms with E-state index in [1.165, 1.54) is 29.9 Å². The van der Waals surface area contributed by atoms with Gasteiger partial charge in [0.2, 0.25) is 0 Å². The van der Waals surface area contributed by atoms with Gasteiger partial charge in [-0.05, 0) is 6.92 Å². The van der Waals surface area contributed by atoms with Crippen molar-refractivity contribution in [3.8, 4) is 0 Å². The van der Waals surface area contributed by atoms with Gasteiger partial charge in [0.25, 0.3) is 5.91 Å². The van der Waals surface area contributed by atoms with E-state index in [4.69, 9.17) is 11.6 Å². The van der Waals surface area contributed by atoms with Gasteiger partial charge in [-0.25, -0.2) is 15.0 Å². The highest BCUT2D eigenvalue weighted by atomic mass is 35.5. The van der Waals surface area contributed by atoms with E-state index in [2.05, 4.69) is 20.3 Å². The topological polar surface area (TPSA) is 67.8 Å². The fourth-order valence-electron chi connectivity index (χ4n) is 1.04. The van der Waals surface area contributed by atoms with Crippen LogP contribution in [0.2, 0.25) is 5.15 Å². The minimum Gasteiger partial charge on any atom is -0.303 e. The second-order valence-electron chi connectivity index (χ2n) is 2.89. The Morgan fingerprint density at radius 2 is 2.12 bits per heavy atom. The van der Waals surface area contributed by atoms with E-state index in [9.17, 15) is 4.79 Å². The lowest BCUT2D eigenvalue weighted by Gasteiger charge is -2.02. The Balaban J connectivity index is 2.17. The van der Waals surface area contributed by atoms with Crippen LogP contribution >= 0.6 is 22.9 Å². The molecule has 2 aromatic heterocycles. The summed E-state index contributed by atoms with van der Waals surface area (Å²) in [6.07, 6.45) is 4.42. The maximum atomic E-state index is 11.7. The van der Waals surface area contributed by atoms with Gasteiger partial charge in [0.15, 0.2) is 11.0 Å². The molecule has 2 heterocycles. The van der Waals surface area contributed by atoms with Crippen molar-refractivity contribution in [3.63, 3.8) is 0 Å². The number of aromatic nitrogens is 3. The number of carbonyl (C=O) groups is 1. The summed E-state index contributed by atoms with van der Waals surface area (Å²) in [5, 5.41) is 3.56. The molecule has 82 valence electrons. The third-order valence-electron chi connectivity index (χ3n) is 1.73. The number of amides is 1. The minimum absolute atomic E-state index is 0.164. The molecule has 0 saturated carbocycles. The molecule has 7 heteroatoms. The van der Waals surface area contributed by atoms with Crippen LogP contribution in [0.1, 0.15) is 14.7 Å². The quantitative estimate of drug-likeness (QED) is 0.892. The molecule has 2 aromatic rings. The Labute approximate surface area is 101 Å². The van der Waals surface area contributed by atoms with Gasteiger partial charge in [0.1, 0.15) is 4.88 Å². The molecule has 1 amide bonds. The zero-order valence-corrected chi connectivity index (χ0v) is 9.84. The summed E-state index contributed by atoms with van der Waals surface area (Å²) in [5.74, 6) is -0.0341. The van der Waals surface area contributed by atoms with Crippen LogP contribution in [0.5, 0.6) is 0 Å². The predicted octanol–water partition coefficient (Wildman–Crippen LogP) is 2.15. The van der Waals surface area contributed by atoms with Crippen LogP contribution in [-0.2, 0) is 0 Å². The van der Waals surface area contributed by atoms with E-state index >= 15 is 0 Å². The van der Waals surface area contributed by atoms with E-state index in [-0.39, 0.29) is 16.9 Å². The molecule has 0 fully saturated rings. The van der Waals surface area contributed by atoms with Crippen LogP contribution in [0, 0.1) is 6.92 Å². The van der Waals surface area contributed by atoms with Crippen LogP contribution in [0.4, 0.5) is 5.82 Å². The molecule has 0 saturated heterocycles. The monoisotopic (exact) mass is 254 g/mol. The molecule has 0 unspecified atom stereocenters. The van der Waals surface area contributed by atoms with Gasteiger partial charge in [0, 0.05) is 12.4 Å². The number of rotatable bonds is 2. The Morgan fingerprint density at radius 3 is 2.75 bits per heavy atom. The van der Waals surface area contributed by atoms with E-state index in [0.29, 0.717) is 4.88 Å². The number of nitrogens with one attached hydrogen (secondary N) is 1. The smallest absolute Gasteiger partial charge is 0.268 e. The van der Waals surface area contributed by atoms with Gasteiger partial charge in [0.05, 0.1) is 11.2 Å². The van der Waals surface area contributed by atoms with Crippen molar-refractivity contribution in [2.75, 3.05) is 5.32 Å². The number of nitrogens with zero attached hydrogens (tertiary/aromatic N) is 3. The molecule has 16 heavy (non-hydrogen) atoms. The highest BCUT2D eigenvalue weighted by Crippen LogP contribution is 2.17. The fourth-order valence-corrected chi connectivity index (χ4v) is 1.87. The highest BCUT2D eigenvalue weighted by molar-refractivity contribution is 7.13. The normalized spacial score (nSPS) is 10.1. The molecule has 0 aliphatic carbocycles. The van der Waals surface area contributed by atoms with Crippen molar-refractivity contribution < 1.29 is 4.79 Å². The Morgan fingerprint density at radius 1 is 1.38 bits per heavy atom. The summed E-state index contributed by atoms with van der Waals surface area (Å²) in [7, 11) is 0. The zero-order chi connectivity index (χ0) is 11.5. The van der Waals surface area contributed by atoms with Crippen LogP contribution in [0.3, 0.4) is 0 Å². The number of hydrogen-bond acceptors (Lipinski definition) is 5. The van der Waals surface area contributed by atoms with Crippen molar-refractivity contribution in [3.05, 3.63) is 33.6 Å². The zero-order valence-electron chi connectivity index (χ0n) is 8.27. The summed E-state index contributed by atoms with van der Waals surface area (Å²) in [6.45, 7) is 1.83. The minimum atomic E-state index is -0.284. The van der Waals surface area contributed by atoms with E-state index in [0.717, 1.165) is 5.01 Å². The predicted molar refractivity (Wildman–Crippen MR) is 61.8 cm³/mol. The maximum absolute atomic E-state index is 11.7. The fraction of sp³-hybridized carbons (Fsp3) is 0.111. The second kappa shape index (κ2) is 4.54. The van der Waals surface area contributed by atoms with Crippen LogP contribution in [0.25, 0.3) is 0 Å². The standard InChI is InChI=1S/C9H7ClN4OS/c1-5-13-4-6(16-5)9(15)14-8-7(10)11-2-3-12-8/h2-4H,1H3,(H,12,14,15). The van der Waals surface area contributed by atoms with Crippen molar-refractivity contribution in [1.29, 1.82) is 0 Å². The summed E-state index contributed by atoms with van der Waals surface area (Å²) in [6, 6.07) is 0. The van der Waals surface area contributed by atoms with Crippen LogP contribution < -0.4 is 5.32 Å². The third-order valence-corrected chi connectivity index (χ3v) is 2.92. The van der Waals surface area contributed by atoms with Crippen molar-refractivity contribution in [1.82, 2.24) is 15.0 Å². The number of halogens is 1. The van der Waals surface area contributed by atoms with Gasteiger partial charge in [-0.2, -0.15) is 0 Å². The number of thiazole rings is 1. The van der Waals surface area contributed by atoms with E-state index in [1.54, 1.807) is 0 Å². The highest BCUT2D eigenvalue weighted by Gasteiger charge is 2.11. The molecule has 0 radical (unpaired) electrons. The number of hydrogen-bond donors (Lipinski definition) is 1. The third kappa shape index (κ3) is 2.34. The Kier molecular flexibility index (Phi) is 3.12. The Bertz CT molecular complexity index is 528. The summed E-state index contributed by atoms with van der Waals surface area (Å²) in [5.41, 5.74) is 0. The molecular weight excluding hydrogens is 248 g/mol. The first-order valence-electron chi connectivity index (χ1n) is 4.37. The average molecular weight is 255 g/mol. The summed E-state index contributed by atoms with van der Waals surface area (Å²) < 4.78 is 0. The molecule has 5 nitrogen and oxygen atoms in total. The first-order valence-corrected chi connectivity index (χ1v) is 5.56. The number of anilines is 1. The van der Waals surface area contributed by atoms with Gasteiger partial charge < -0.3 is 5.32 Å². The van der Waals surface area contributed by atoms with Gasteiger partial charge in [-0.15, -0.1) is 11.3 Å². The molecule has 0 aliphatic rings. The molecule has 0 aliphatic heterocycles. The first kappa shape index (κ1) is 11.0. The van der Waals surface area contributed by atoms with Crippen LogP contribution in [-0.4, -0.2) is 20.9 Å². The van der Waals surface area contributed by atoms with Crippen molar-refractivity contribution >= 4 is 34.7 Å². The molecule has 0 atom stereocenters. The molecule has 0 aromatic carbocycles. The van der Waals surface area contributed by atoms with E-state index < -0.39 is 0 Å². The molecule has 0 bridgehead atoms.